The molecular weight excluding hydrogens is 162 g/mol. The van der Waals surface area contributed by atoms with Gasteiger partial charge in [-0.1, -0.05) is 0 Å². The lowest BCUT2D eigenvalue weighted by molar-refractivity contribution is 0.124. The average molecular weight is 179 g/mol. The van der Waals surface area contributed by atoms with Crippen LogP contribution in [0.3, 0.4) is 0 Å². The lowest BCUT2D eigenvalue weighted by Crippen LogP contribution is -2.49. The van der Waals surface area contributed by atoms with Gasteiger partial charge in [-0.05, 0) is 25.8 Å². The fourth-order valence-corrected chi connectivity index (χ4v) is 2.00. The predicted molar refractivity (Wildman–Crippen MR) is 51.2 cm³/mol. The summed E-state index contributed by atoms with van der Waals surface area (Å²) in [5.74, 6) is 0.688. The van der Waals surface area contributed by atoms with E-state index in [2.05, 4.69) is 22.9 Å². The summed E-state index contributed by atoms with van der Waals surface area (Å²) < 4.78 is 0. The molecule has 0 aromatic heterocycles. The monoisotopic (exact) mass is 179 g/mol. The quantitative estimate of drug-likeness (QED) is 0.619. The molecule has 1 saturated carbocycles. The summed E-state index contributed by atoms with van der Waals surface area (Å²) in [6.07, 6.45) is 2.54. The number of hydrogen-bond acceptors (Lipinski definition) is 3. The maximum Gasteiger partial charge on any atom is 0.101 e. The van der Waals surface area contributed by atoms with Crippen LogP contribution in [-0.2, 0) is 0 Å². The Balaban J connectivity index is 1.88. The number of rotatable bonds is 2. The van der Waals surface area contributed by atoms with Gasteiger partial charge in [0.2, 0.25) is 0 Å². The smallest absolute Gasteiger partial charge is 0.101 e. The molecule has 1 saturated heterocycles. The lowest BCUT2D eigenvalue weighted by Gasteiger charge is -2.35. The van der Waals surface area contributed by atoms with Gasteiger partial charge < -0.3 is 4.90 Å². The third-order valence-corrected chi connectivity index (χ3v) is 3.13. The van der Waals surface area contributed by atoms with Crippen molar-refractivity contribution in [3.63, 3.8) is 0 Å². The standard InChI is InChI=1S/C10H17N3/c1-12-4-6-13(7-5-12)10(8-11)9-2-3-9/h9-10H,2-7H2,1H3. The van der Waals surface area contributed by atoms with Crippen LogP contribution >= 0.6 is 0 Å². The van der Waals surface area contributed by atoms with Crippen molar-refractivity contribution in [2.75, 3.05) is 33.2 Å². The molecule has 1 atom stereocenters. The fourth-order valence-electron chi connectivity index (χ4n) is 2.00. The molecule has 0 spiro atoms. The molecule has 2 fully saturated rings. The van der Waals surface area contributed by atoms with E-state index in [1.165, 1.54) is 12.8 Å². The van der Waals surface area contributed by atoms with E-state index < -0.39 is 0 Å². The second-order valence-electron chi connectivity index (χ2n) is 4.25. The lowest BCUT2D eigenvalue weighted by atomic mass is 10.1. The van der Waals surface area contributed by atoms with Crippen molar-refractivity contribution in [2.45, 2.75) is 18.9 Å². The van der Waals surface area contributed by atoms with Crippen molar-refractivity contribution in [1.82, 2.24) is 9.80 Å². The van der Waals surface area contributed by atoms with E-state index in [0.29, 0.717) is 5.92 Å². The first-order valence-corrected chi connectivity index (χ1v) is 5.13. The zero-order chi connectivity index (χ0) is 9.26. The van der Waals surface area contributed by atoms with Gasteiger partial charge in [-0.15, -0.1) is 0 Å². The van der Waals surface area contributed by atoms with E-state index in [4.69, 9.17) is 5.26 Å². The summed E-state index contributed by atoms with van der Waals surface area (Å²) >= 11 is 0. The number of likely N-dealkylation sites (N-methyl/N-ethyl adjacent to an activating group) is 1. The number of piperazine rings is 1. The summed E-state index contributed by atoms with van der Waals surface area (Å²) in [6, 6.07) is 2.67. The summed E-state index contributed by atoms with van der Waals surface area (Å²) in [6.45, 7) is 4.38. The summed E-state index contributed by atoms with van der Waals surface area (Å²) in [4.78, 5) is 4.69. The Hall–Kier alpha value is -0.590. The maximum atomic E-state index is 9.05. The Morgan fingerprint density at radius 1 is 1.23 bits per heavy atom. The van der Waals surface area contributed by atoms with Gasteiger partial charge in [0.15, 0.2) is 0 Å². The fraction of sp³-hybridized carbons (Fsp3) is 0.900. The second-order valence-corrected chi connectivity index (χ2v) is 4.25. The molecule has 0 radical (unpaired) electrons. The van der Waals surface area contributed by atoms with Gasteiger partial charge >= 0.3 is 0 Å². The van der Waals surface area contributed by atoms with Gasteiger partial charge in [0.1, 0.15) is 6.04 Å². The normalized spacial score (nSPS) is 28.3. The molecule has 1 aliphatic heterocycles. The highest BCUT2D eigenvalue weighted by Crippen LogP contribution is 2.35. The van der Waals surface area contributed by atoms with Crippen molar-refractivity contribution in [1.29, 1.82) is 5.26 Å². The van der Waals surface area contributed by atoms with Crippen LogP contribution in [0.5, 0.6) is 0 Å². The Morgan fingerprint density at radius 3 is 2.31 bits per heavy atom. The third-order valence-electron chi connectivity index (χ3n) is 3.13. The van der Waals surface area contributed by atoms with Crippen LogP contribution < -0.4 is 0 Å². The first-order chi connectivity index (χ1) is 6.31. The van der Waals surface area contributed by atoms with Crippen molar-refractivity contribution >= 4 is 0 Å². The zero-order valence-electron chi connectivity index (χ0n) is 8.24. The largest absolute Gasteiger partial charge is 0.304 e. The minimum Gasteiger partial charge on any atom is -0.304 e. The average Bonchev–Trinajstić information content (AvgIpc) is 2.93. The van der Waals surface area contributed by atoms with Crippen LogP contribution in [0.2, 0.25) is 0 Å². The third kappa shape index (κ3) is 2.01. The van der Waals surface area contributed by atoms with E-state index >= 15 is 0 Å². The van der Waals surface area contributed by atoms with E-state index in [-0.39, 0.29) is 6.04 Å². The number of hydrogen-bond donors (Lipinski definition) is 0. The van der Waals surface area contributed by atoms with Crippen LogP contribution in [0.4, 0.5) is 0 Å². The molecule has 0 N–H and O–H groups in total. The van der Waals surface area contributed by atoms with E-state index in [9.17, 15) is 0 Å². The highest BCUT2D eigenvalue weighted by atomic mass is 15.3. The molecular formula is C10H17N3. The number of nitrogens with zero attached hydrogens (tertiary/aromatic N) is 3. The highest BCUT2D eigenvalue weighted by Gasteiger charge is 2.36. The molecule has 2 rings (SSSR count). The minimum atomic E-state index is 0.216. The molecule has 0 amide bonds. The molecule has 0 aromatic rings. The second kappa shape index (κ2) is 3.65. The van der Waals surface area contributed by atoms with E-state index in [0.717, 1.165) is 26.2 Å². The molecule has 1 aliphatic carbocycles. The van der Waals surface area contributed by atoms with Crippen LogP contribution in [0.15, 0.2) is 0 Å². The Bertz CT molecular complexity index is 209. The molecule has 3 nitrogen and oxygen atoms in total. The van der Waals surface area contributed by atoms with E-state index in [1.807, 2.05) is 0 Å². The van der Waals surface area contributed by atoms with Crippen molar-refractivity contribution in [2.24, 2.45) is 5.92 Å². The molecule has 13 heavy (non-hydrogen) atoms. The summed E-state index contributed by atoms with van der Waals surface area (Å²) in [5, 5.41) is 9.05. The van der Waals surface area contributed by atoms with Crippen LogP contribution in [0, 0.1) is 17.2 Å². The molecule has 2 aliphatic rings. The van der Waals surface area contributed by atoms with Gasteiger partial charge in [0.25, 0.3) is 0 Å². The van der Waals surface area contributed by atoms with E-state index in [1.54, 1.807) is 0 Å². The molecule has 3 heteroatoms. The first kappa shape index (κ1) is 8.98. The number of nitriles is 1. The highest BCUT2D eigenvalue weighted by molar-refractivity contribution is 5.02. The summed E-state index contributed by atoms with van der Waals surface area (Å²) in [7, 11) is 2.15. The molecule has 0 aromatic carbocycles. The van der Waals surface area contributed by atoms with Gasteiger partial charge in [-0.2, -0.15) is 5.26 Å². The van der Waals surface area contributed by atoms with Gasteiger partial charge in [-0.3, -0.25) is 4.90 Å². The van der Waals surface area contributed by atoms with Gasteiger partial charge in [0.05, 0.1) is 6.07 Å². The molecule has 72 valence electrons. The Labute approximate surface area is 79.9 Å². The van der Waals surface area contributed by atoms with Crippen molar-refractivity contribution in [3.05, 3.63) is 0 Å². The zero-order valence-corrected chi connectivity index (χ0v) is 8.24. The predicted octanol–water partition coefficient (Wildman–Crippen LogP) is 0.536. The van der Waals surface area contributed by atoms with Crippen LogP contribution in [-0.4, -0.2) is 49.1 Å². The Morgan fingerprint density at radius 2 is 1.85 bits per heavy atom. The van der Waals surface area contributed by atoms with Crippen molar-refractivity contribution < 1.29 is 0 Å². The maximum absolute atomic E-state index is 9.05. The topological polar surface area (TPSA) is 30.3 Å². The first-order valence-electron chi connectivity index (χ1n) is 5.13. The molecule has 0 bridgehead atoms. The SMILES string of the molecule is CN1CCN(C(C#N)C2CC2)CC1. The van der Waals surface area contributed by atoms with Crippen LogP contribution in [0.1, 0.15) is 12.8 Å². The summed E-state index contributed by atoms with van der Waals surface area (Å²) in [5.41, 5.74) is 0. The van der Waals surface area contributed by atoms with Gasteiger partial charge in [-0.25, -0.2) is 0 Å². The molecule has 1 heterocycles. The molecule has 1 unspecified atom stereocenters. The minimum absolute atomic E-state index is 0.216. The van der Waals surface area contributed by atoms with Crippen LogP contribution in [0.25, 0.3) is 0 Å². The van der Waals surface area contributed by atoms with Crippen molar-refractivity contribution in [3.8, 4) is 6.07 Å². The Kier molecular flexibility index (Phi) is 2.52. The van der Waals surface area contributed by atoms with Gasteiger partial charge in [0, 0.05) is 26.2 Å².